The summed E-state index contributed by atoms with van der Waals surface area (Å²) in [5, 5.41) is 3.39. The van der Waals surface area contributed by atoms with Gasteiger partial charge in [-0.3, -0.25) is 9.78 Å². The number of aromatic nitrogens is 1. The summed E-state index contributed by atoms with van der Waals surface area (Å²) in [7, 11) is 1.83. The number of carbonyl (C=O) groups excluding carboxylic acids is 1. The Labute approximate surface area is 112 Å². The highest BCUT2D eigenvalue weighted by Gasteiger charge is 2.22. The monoisotopic (exact) mass is 253 g/mol. The Morgan fingerprint density at radius 2 is 1.95 bits per heavy atom. The summed E-state index contributed by atoms with van der Waals surface area (Å²) in [6.07, 6.45) is 4.87. The number of anilines is 3. The molecule has 4 nitrogen and oxygen atoms in total. The van der Waals surface area contributed by atoms with E-state index in [1.165, 1.54) is 5.56 Å². The maximum atomic E-state index is 11.7. The van der Waals surface area contributed by atoms with Crippen LogP contribution >= 0.6 is 0 Å². The van der Waals surface area contributed by atoms with E-state index in [1.54, 1.807) is 17.3 Å². The summed E-state index contributed by atoms with van der Waals surface area (Å²) >= 11 is 0. The van der Waals surface area contributed by atoms with Gasteiger partial charge in [0.15, 0.2) is 0 Å². The molecule has 0 saturated heterocycles. The molecule has 0 radical (unpaired) electrons. The van der Waals surface area contributed by atoms with Crippen molar-refractivity contribution in [2.75, 3.05) is 17.3 Å². The van der Waals surface area contributed by atoms with Gasteiger partial charge in [0, 0.05) is 42.9 Å². The normalized spacial score (nSPS) is 14.2. The molecule has 0 aliphatic carbocycles. The number of nitrogens with zero attached hydrogens (tertiary/aromatic N) is 2. The molecule has 1 aromatic heterocycles. The molecule has 0 saturated carbocycles. The van der Waals surface area contributed by atoms with E-state index in [2.05, 4.69) is 10.3 Å². The van der Waals surface area contributed by atoms with Crippen LogP contribution in [-0.2, 0) is 11.2 Å². The zero-order chi connectivity index (χ0) is 13.2. The van der Waals surface area contributed by atoms with Gasteiger partial charge in [-0.1, -0.05) is 6.07 Å². The van der Waals surface area contributed by atoms with Gasteiger partial charge < -0.3 is 10.2 Å². The first-order valence-electron chi connectivity index (χ1n) is 6.31. The minimum Gasteiger partial charge on any atom is -0.355 e. The first-order valence-corrected chi connectivity index (χ1v) is 6.31. The van der Waals surface area contributed by atoms with Gasteiger partial charge in [-0.25, -0.2) is 0 Å². The van der Waals surface area contributed by atoms with Gasteiger partial charge in [0.05, 0.1) is 0 Å². The van der Waals surface area contributed by atoms with E-state index < -0.39 is 0 Å². The average molecular weight is 253 g/mol. The SMILES string of the molecule is CN1C(=O)CCc2c(Nc3ccncc3)cccc21. The van der Waals surface area contributed by atoms with E-state index in [-0.39, 0.29) is 5.91 Å². The van der Waals surface area contributed by atoms with Gasteiger partial charge in [-0.2, -0.15) is 0 Å². The number of hydrogen-bond donors (Lipinski definition) is 1. The number of pyridine rings is 1. The number of nitrogens with one attached hydrogen (secondary N) is 1. The van der Waals surface area contributed by atoms with Gasteiger partial charge in [-0.05, 0) is 36.2 Å². The molecule has 0 atom stereocenters. The Kier molecular flexibility index (Phi) is 2.91. The van der Waals surface area contributed by atoms with E-state index >= 15 is 0 Å². The largest absolute Gasteiger partial charge is 0.355 e. The van der Waals surface area contributed by atoms with Crippen LogP contribution < -0.4 is 10.2 Å². The molecule has 96 valence electrons. The molecule has 4 heteroatoms. The Bertz CT molecular complexity index is 610. The van der Waals surface area contributed by atoms with Crippen LogP contribution in [0.5, 0.6) is 0 Å². The molecule has 1 aliphatic rings. The van der Waals surface area contributed by atoms with Crippen molar-refractivity contribution in [3.05, 3.63) is 48.3 Å². The van der Waals surface area contributed by atoms with Crippen LogP contribution in [0.15, 0.2) is 42.7 Å². The molecule has 0 fully saturated rings. The lowest BCUT2D eigenvalue weighted by molar-refractivity contribution is -0.118. The Balaban J connectivity index is 1.98. The van der Waals surface area contributed by atoms with E-state index in [4.69, 9.17) is 0 Å². The third-order valence-corrected chi connectivity index (χ3v) is 3.43. The molecule has 1 N–H and O–H groups in total. The van der Waals surface area contributed by atoms with Crippen molar-refractivity contribution in [2.24, 2.45) is 0 Å². The number of benzene rings is 1. The smallest absolute Gasteiger partial charge is 0.227 e. The van der Waals surface area contributed by atoms with E-state index in [0.717, 1.165) is 23.5 Å². The van der Waals surface area contributed by atoms with Gasteiger partial charge >= 0.3 is 0 Å². The quantitative estimate of drug-likeness (QED) is 0.895. The Morgan fingerprint density at radius 3 is 2.74 bits per heavy atom. The zero-order valence-corrected chi connectivity index (χ0v) is 10.8. The van der Waals surface area contributed by atoms with Crippen LogP contribution in [0, 0.1) is 0 Å². The number of hydrogen-bond acceptors (Lipinski definition) is 3. The maximum Gasteiger partial charge on any atom is 0.227 e. The van der Waals surface area contributed by atoms with Gasteiger partial charge in [0.25, 0.3) is 0 Å². The van der Waals surface area contributed by atoms with Crippen LogP contribution in [-0.4, -0.2) is 17.9 Å². The lowest BCUT2D eigenvalue weighted by atomic mass is 9.99. The van der Waals surface area contributed by atoms with Crippen LogP contribution in [0.4, 0.5) is 17.1 Å². The highest BCUT2D eigenvalue weighted by atomic mass is 16.2. The Hall–Kier alpha value is -2.36. The van der Waals surface area contributed by atoms with Crippen molar-refractivity contribution >= 4 is 23.0 Å². The summed E-state index contributed by atoms with van der Waals surface area (Å²) < 4.78 is 0. The van der Waals surface area contributed by atoms with Gasteiger partial charge in [-0.15, -0.1) is 0 Å². The molecule has 2 aromatic rings. The molecule has 1 aromatic carbocycles. The van der Waals surface area contributed by atoms with Crippen molar-refractivity contribution in [1.29, 1.82) is 0 Å². The van der Waals surface area contributed by atoms with Crippen molar-refractivity contribution in [3.8, 4) is 0 Å². The maximum absolute atomic E-state index is 11.7. The van der Waals surface area contributed by atoms with Crippen molar-refractivity contribution in [1.82, 2.24) is 4.98 Å². The van der Waals surface area contributed by atoms with Crippen LogP contribution in [0.1, 0.15) is 12.0 Å². The highest BCUT2D eigenvalue weighted by molar-refractivity contribution is 5.97. The van der Waals surface area contributed by atoms with E-state index in [9.17, 15) is 4.79 Å². The molecule has 19 heavy (non-hydrogen) atoms. The second kappa shape index (κ2) is 4.72. The molecule has 2 heterocycles. The first-order chi connectivity index (χ1) is 9.25. The lowest BCUT2D eigenvalue weighted by Gasteiger charge is -2.27. The predicted octanol–water partition coefficient (Wildman–Crippen LogP) is 2.73. The molecule has 3 rings (SSSR count). The summed E-state index contributed by atoms with van der Waals surface area (Å²) in [5.41, 5.74) is 4.25. The second-order valence-corrected chi connectivity index (χ2v) is 4.62. The van der Waals surface area contributed by atoms with E-state index in [1.807, 2.05) is 37.4 Å². The van der Waals surface area contributed by atoms with Gasteiger partial charge in [0.2, 0.25) is 5.91 Å². The number of carbonyl (C=O) groups is 1. The van der Waals surface area contributed by atoms with Crippen molar-refractivity contribution in [2.45, 2.75) is 12.8 Å². The fourth-order valence-electron chi connectivity index (χ4n) is 2.39. The van der Waals surface area contributed by atoms with Crippen LogP contribution in [0.3, 0.4) is 0 Å². The summed E-state index contributed by atoms with van der Waals surface area (Å²) in [6.45, 7) is 0. The molecular weight excluding hydrogens is 238 g/mol. The average Bonchev–Trinajstić information content (AvgIpc) is 2.45. The standard InChI is InChI=1S/C15H15N3O/c1-18-14-4-2-3-13(12(14)5-6-15(18)19)17-11-7-9-16-10-8-11/h2-4,7-10H,5-6H2,1H3,(H,16,17). The van der Waals surface area contributed by atoms with Crippen LogP contribution in [0.2, 0.25) is 0 Å². The minimum absolute atomic E-state index is 0.175. The summed E-state index contributed by atoms with van der Waals surface area (Å²) in [5.74, 6) is 0.175. The molecule has 0 unspecified atom stereocenters. The second-order valence-electron chi connectivity index (χ2n) is 4.62. The molecule has 0 spiro atoms. The molecule has 1 aliphatic heterocycles. The third-order valence-electron chi connectivity index (χ3n) is 3.43. The predicted molar refractivity (Wildman–Crippen MR) is 75.7 cm³/mol. The number of fused-ring (bicyclic) bond motifs is 1. The third kappa shape index (κ3) is 2.17. The van der Waals surface area contributed by atoms with Crippen molar-refractivity contribution < 1.29 is 4.79 Å². The molecule has 0 bridgehead atoms. The number of amides is 1. The highest BCUT2D eigenvalue weighted by Crippen LogP contribution is 2.33. The number of rotatable bonds is 2. The molecular formula is C15H15N3O. The molecule has 1 amide bonds. The van der Waals surface area contributed by atoms with Gasteiger partial charge in [0.1, 0.15) is 0 Å². The summed E-state index contributed by atoms with van der Waals surface area (Å²) in [6, 6.07) is 9.86. The zero-order valence-electron chi connectivity index (χ0n) is 10.8. The minimum atomic E-state index is 0.175. The summed E-state index contributed by atoms with van der Waals surface area (Å²) in [4.78, 5) is 17.5. The first kappa shape index (κ1) is 11.7. The van der Waals surface area contributed by atoms with Crippen LogP contribution in [0.25, 0.3) is 0 Å². The van der Waals surface area contributed by atoms with E-state index in [0.29, 0.717) is 6.42 Å². The fraction of sp³-hybridized carbons (Fsp3) is 0.200. The lowest BCUT2D eigenvalue weighted by Crippen LogP contribution is -2.31. The topological polar surface area (TPSA) is 45.2 Å². The Morgan fingerprint density at radius 1 is 1.16 bits per heavy atom. The van der Waals surface area contributed by atoms with Crippen molar-refractivity contribution in [3.63, 3.8) is 0 Å². The fourth-order valence-corrected chi connectivity index (χ4v) is 2.39.